The van der Waals surface area contributed by atoms with Crippen LogP contribution >= 0.6 is 23.1 Å². The molecule has 1 aromatic carbocycles. The van der Waals surface area contributed by atoms with Crippen LogP contribution in [0.2, 0.25) is 0 Å². The Morgan fingerprint density at radius 1 is 1.22 bits per heavy atom. The van der Waals surface area contributed by atoms with Crippen LogP contribution in [0.5, 0.6) is 0 Å². The third-order valence-electron chi connectivity index (χ3n) is 4.05. The van der Waals surface area contributed by atoms with Crippen LogP contribution in [0.15, 0.2) is 46.9 Å². The largest absolute Gasteiger partial charge is 0.378 e. The number of carbonyl (C=O) groups is 1. The number of amides is 1. The van der Waals surface area contributed by atoms with Gasteiger partial charge in [-0.1, -0.05) is 30.0 Å². The first-order valence-corrected chi connectivity index (χ1v) is 10.6. The van der Waals surface area contributed by atoms with E-state index >= 15 is 0 Å². The van der Waals surface area contributed by atoms with E-state index in [0.29, 0.717) is 12.3 Å². The molecule has 3 aromatic rings. The molecule has 0 aliphatic carbocycles. The van der Waals surface area contributed by atoms with Crippen molar-refractivity contribution in [3.8, 4) is 10.7 Å². The van der Waals surface area contributed by atoms with Crippen LogP contribution < -0.4 is 10.2 Å². The average Bonchev–Trinajstić information content (AvgIpc) is 3.33. The molecule has 0 spiro atoms. The van der Waals surface area contributed by atoms with Crippen molar-refractivity contribution in [2.45, 2.75) is 25.2 Å². The zero-order valence-electron chi connectivity index (χ0n) is 15.7. The third kappa shape index (κ3) is 4.90. The fourth-order valence-electron chi connectivity index (χ4n) is 2.56. The van der Waals surface area contributed by atoms with Gasteiger partial charge in [0.15, 0.2) is 11.0 Å². The molecule has 0 fully saturated rings. The van der Waals surface area contributed by atoms with E-state index < -0.39 is 0 Å². The van der Waals surface area contributed by atoms with Gasteiger partial charge in [-0.25, -0.2) is 0 Å². The van der Waals surface area contributed by atoms with Gasteiger partial charge in [-0.05, 0) is 36.1 Å². The number of thioether (sulfide) groups is 1. The predicted octanol–water partition coefficient (Wildman–Crippen LogP) is 3.50. The molecule has 2 heterocycles. The van der Waals surface area contributed by atoms with Crippen molar-refractivity contribution in [3.63, 3.8) is 0 Å². The minimum atomic E-state index is -0.0139. The molecule has 8 heteroatoms. The molecule has 1 amide bonds. The number of hydrogen-bond acceptors (Lipinski definition) is 6. The number of aromatic nitrogens is 3. The molecular weight excluding hydrogens is 378 g/mol. The molecular formula is C19H23N5OS2. The number of rotatable bonds is 8. The van der Waals surface area contributed by atoms with Gasteiger partial charge in [-0.2, -0.15) is 0 Å². The lowest BCUT2D eigenvalue weighted by atomic mass is 10.2. The first kappa shape index (κ1) is 19.4. The van der Waals surface area contributed by atoms with E-state index in [-0.39, 0.29) is 5.91 Å². The second kappa shape index (κ2) is 9.05. The van der Waals surface area contributed by atoms with Gasteiger partial charge in [0.1, 0.15) is 0 Å². The van der Waals surface area contributed by atoms with Crippen LogP contribution in [0.4, 0.5) is 5.69 Å². The van der Waals surface area contributed by atoms with E-state index in [1.165, 1.54) is 11.8 Å². The van der Waals surface area contributed by atoms with Crippen molar-refractivity contribution in [1.82, 2.24) is 20.1 Å². The number of anilines is 1. The zero-order valence-corrected chi connectivity index (χ0v) is 17.3. The Bertz CT molecular complexity index is 872. The summed E-state index contributed by atoms with van der Waals surface area (Å²) in [6.07, 6.45) is 0. The molecule has 2 aromatic heterocycles. The Morgan fingerprint density at radius 3 is 2.63 bits per heavy atom. The molecule has 0 saturated carbocycles. The fraction of sp³-hybridized carbons (Fsp3) is 0.316. The monoisotopic (exact) mass is 401 g/mol. The summed E-state index contributed by atoms with van der Waals surface area (Å²) in [6.45, 7) is 3.35. The van der Waals surface area contributed by atoms with Gasteiger partial charge in [-0.15, -0.1) is 21.5 Å². The highest BCUT2D eigenvalue weighted by Gasteiger charge is 2.15. The van der Waals surface area contributed by atoms with Crippen molar-refractivity contribution >= 4 is 34.7 Å². The molecule has 3 rings (SSSR count). The SMILES string of the molecule is CCn1c(SCC(=O)NCc2ccc(N(C)C)cc2)nnc1-c1cccs1. The van der Waals surface area contributed by atoms with Crippen LogP contribution in [0.25, 0.3) is 10.7 Å². The van der Waals surface area contributed by atoms with Crippen molar-refractivity contribution in [2.24, 2.45) is 0 Å². The molecule has 0 unspecified atom stereocenters. The van der Waals surface area contributed by atoms with E-state index in [0.717, 1.165) is 33.7 Å². The predicted molar refractivity (Wildman–Crippen MR) is 112 cm³/mol. The Kier molecular flexibility index (Phi) is 6.52. The summed E-state index contributed by atoms with van der Waals surface area (Å²) in [7, 11) is 4.01. The fourth-order valence-corrected chi connectivity index (χ4v) is 4.11. The molecule has 0 bridgehead atoms. The van der Waals surface area contributed by atoms with Crippen LogP contribution in [0.1, 0.15) is 12.5 Å². The molecule has 0 aliphatic rings. The Hall–Kier alpha value is -2.32. The molecule has 27 heavy (non-hydrogen) atoms. The molecule has 142 valence electrons. The van der Waals surface area contributed by atoms with Crippen molar-refractivity contribution in [2.75, 3.05) is 24.7 Å². The van der Waals surface area contributed by atoms with E-state index in [9.17, 15) is 4.79 Å². The van der Waals surface area contributed by atoms with Crippen LogP contribution in [0.3, 0.4) is 0 Å². The van der Waals surface area contributed by atoms with Crippen molar-refractivity contribution in [1.29, 1.82) is 0 Å². The molecule has 0 radical (unpaired) electrons. The molecule has 0 atom stereocenters. The van der Waals surface area contributed by atoms with Gasteiger partial charge in [0.25, 0.3) is 0 Å². The smallest absolute Gasteiger partial charge is 0.230 e. The van der Waals surface area contributed by atoms with E-state index in [1.54, 1.807) is 11.3 Å². The molecule has 1 N–H and O–H groups in total. The number of hydrogen-bond donors (Lipinski definition) is 1. The van der Waals surface area contributed by atoms with Gasteiger partial charge in [-0.3, -0.25) is 4.79 Å². The third-order valence-corrected chi connectivity index (χ3v) is 5.88. The quantitative estimate of drug-likeness (QED) is 0.585. The minimum absolute atomic E-state index is 0.0139. The zero-order chi connectivity index (χ0) is 19.2. The maximum Gasteiger partial charge on any atom is 0.230 e. The maximum atomic E-state index is 12.2. The Labute approximate surface area is 167 Å². The second-order valence-electron chi connectivity index (χ2n) is 6.15. The molecule has 0 saturated heterocycles. The number of nitrogens with zero attached hydrogens (tertiary/aromatic N) is 4. The summed E-state index contributed by atoms with van der Waals surface area (Å²) in [4.78, 5) is 15.3. The first-order chi connectivity index (χ1) is 13.1. The van der Waals surface area contributed by atoms with Crippen LogP contribution in [-0.2, 0) is 17.9 Å². The second-order valence-corrected chi connectivity index (χ2v) is 8.04. The Morgan fingerprint density at radius 2 is 2.00 bits per heavy atom. The van der Waals surface area contributed by atoms with Gasteiger partial charge in [0, 0.05) is 32.9 Å². The number of carbonyl (C=O) groups excluding carboxylic acids is 1. The number of thiophene rings is 1. The summed E-state index contributed by atoms with van der Waals surface area (Å²) in [5, 5.41) is 14.3. The highest BCUT2D eigenvalue weighted by Crippen LogP contribution is 2.27. The number of nitrogens with one attached hydrogen (secondary N) is 1. The summed E-state index contributed by atoms with van der Waals surface area (Å²) in [5.74, 6) is 1.16. The van der Waals surface area contributed by atoms with Crippen LogP contribution in [-0.4, -0.2) is 40.5 Å². The van der Waals surface area contributed by atoms with Crippen molar-refractivity contribution in [3.05, 3.63) is 47.3 Å². The lowest BCUT2D eigenvalue weighted by Crippen LogP contribution is -2.24. The highest BCUT2D eigenvalue weighted by atomic mass is 32.2. The van der Waals surface area contributed by atoms with Gasteiger partial charge >= 0.3 is 0 Å². The average molecular weight is 402 g/mol. The summed E-state index contributed by atoms with van der Waals surface area (Å²) in [6, 6.07) is 12.2. The van der Waals surface area contributed by atoms with Crippen molar-refractivity contribution < 1.29 is 4.79 Å². The summed E-state index contributed by atoms with van der Waals surface area (Å²) in [5.41, 5.74) is 2.22. The lowest BCUT2D eigenvalue weighted by molar-refractivity contribution is -0.118. The number of benzene rings is 1. The van der Waals surface area contributed by atoms with Gasteiger partial charge in [0.05, 0.1) is 10.6 Å². The van der Waals surface area contributed by atoms with E-state index in [2.05, 4.69) is 22.4 Å². The van der Waals surface area contributed by atoms with Gasteiger partial charge in [0.2, 0.25) is 5.91 Å². The first-order valence-electron chi connectivity index (χ1n) is 8.71. The Balaban J connectivity index is 1.53. The van der Waals surface area contributed by atoms with E-state index in [1.807, 2.05) is 65.3 Å². The molecule has 6 nitrogen and oxygen atoms in total. The van der Waals surface area contributed by atoms with E-state index in [4.69, 9.17) is 0 Å². The standard InChI is InChI=1S/C19H23N5OS2/c1-4-24-18(16-6-5-11-26-16)21-22-19(24)27-13-17(25)20-12-14-7-9-15(10-8-14)23(2)3/h5-11H,4,12-13H2,1-3H3,(H,20,25). The summed E-state index contributed by atoms with van der Waals surface area (Å²) < 4.78 is 2.05. The minimum Gasteiger partial charge on any atom is -0.378 e. The van der Waals surface area contributed by atoms with Crippen LogP contribution in [0, 0.1) is 0 Å². The molecule has 0 aliphatic heterocycles. The summed E-state index contributed by atoms with van der Waals surface area (Å²) >= 11 is 3.05. The van der Waals surface area contributed by atoms with Gasteiger partial charge < -0.3 is 14.8 Å². The highest BCUT2D eigenvalue weighted by molar-refractivity contribution is 7.99. The normalized spacial score (nSPS) is 10.8. The lowest BCUT2D eigenvalue weighted by Gasteiger charge is -2.13. The maximum absolute atomic E-state index is 12.2. The topological polar surface area (TPSA) is 63.1 Å².